The van der Waals surface area contributed by atoms with Crippen molar-refractivity contribution in [2.24, 2.45) is 0 Å². The van der Waals surface area contributed by atoms with E-state index in [-0.39, 0.29) is 11.9 Å². The van der Waals surface area contributed by atoms with Gasteiger partial charge < -0.3 is 5.32 Å². The molecule has 1 atom stereocenters. The van der Waals surface area contributed by atoms with Crippen molar-refractivity contribution >= 4 is 56.0 Å². The number of carbonyl (C=O) groups is 1. The number of halogens is 3. The van der Waals surface area contributed by atoms with Crippen molar-refractivity contribution in [3.8, 4) is 0 Å². The lowest BCUT2D eigenvalue weighted by Gasteiger charge is -2.11. The first kappa shape index (κ1) is 13.3. The third kappa shape index (κ3) is 3.92. The monoisotopic (exact) mass is 401 g/mol. The largest absolute Gasteiger partial charge is 0.348 e. The Kier molecular flexibility index (Phi) is 5.35. The van der Waals surface area contributed by atoms with Gasteiger partial charge in [-0.3, -0.25) is 4.79 Å². The van der Waals surface area contributed by atoms with Crippen LogP contribution in [0.4, 0.5) is 0 Å². The van der Waals surface area contributed by atoms with Crippen LogP contribution in [0, 0.1) is 3.57 Å². The van der Waals surface area contributed by atoms with Gasteiger partial charge in [-0.25, -0.2) is 0 Å². The highest BCUT2D eigenvalue weighted by molar-refractivity contribution is 14.1. The van der Waals surface area contributed by atoms with Gasteiger partial charge >= 0.3 is 0 Å². The SMILES string of the molecule is CC(CCl)NC(=O)c1cc(Br)ccc1I. The van der Waals surface area contributed by atoms with Gasteiger partial charge in [0.05, 0.1) is 5.56 Å². The lowest BCUT2D eigenvalue weighted by molar-refractivity contribution is 0.0942. The lowest BCUT2D eigenvalue weighted by atomic mass is 10.2. The van der Waals surface area contributed by atoms with Crippen LogP contribution in [0.3, 0.4) is 0 Å². The van der Waals surface area contributed by atoms with E-state index < -0.39 is 0 Å². The fourth-order valence-corrected chi connectivity index (χ4v) is 2.03. The second kappa shape index (κ2) is 6.06. The molecule has 0 heterocycles. The first-order chi connectivity index (χ1) is 7.04. The van der Waals surface area contributed by atoms with E-state index in [1.165, 1.54) is 0 Å². The Morgan fingerprint density at radius 3 is 2.93 bits per heavy atom. The predicted molar refractivity (Wildman–Crippen MR) is 74.5 cm³/mol. The van der Waals surface area contributed by atoms with Crippen LogP contribution in [0.1, 0.15) is 17.3 Å². The van der Waals surface area contributed by atoms with Crippen LogP contribution in [0.25, 0.3) is 0 Å². The van der Waals surface area contributed by atoms with Gasteiger partial charge in [-0.15, -0.1) is 11.6 Å². The van der Waals surface area contributed by atoms with Crippen molar-refractivity contribution < 1.29 is 4.79 Å². The average Bonchev–Trinajstić information content (AvgIpc) is 2.21. The Balaban J connectivity index is 2.86. The molecule has 1 amide bonds. The van der Waals surface area contributed by atoms with E-state index in [1.54, 1.807) is 6.07 Å². The van der Waals surface area contributed by atoms with E-state index in [0.29, 0.717) is 11.4 Å². The van der Waals surface area contributed by atoms with Crippen LogP contribution in [0.2, 0.25) is 0 Å². The molecule has 15 heavy (non-hydrogen) atoms. The Morgan fingerprint density at radius 1 is 1.67 bits per heavy atom. The van der Waals surface area contributed by atoms with E-state index in [1.807, 2.05) is 19.1 Å². The van der Waals surface area contributed by atoms with Gasteiger partial charge in [-0.1, -0.05) is 15.9 Å². The van der Waals surface area contributed by atoms with Crippen molar-refractivity contribution in [1.29, 1.82) is 0 Å². The number of benzene rings is 1. The van der Waals surface area contributed by atoms with Crippen LogP contribution in [-0.2, 0) is 0 Å². The first-order valence-corrected chi connectivity index (χ1v) is 6.77. The number of hydrogen-bond acceptors (Lipinski definition) is 1. The summed E-state index contributed by atoms with van der Waals surface area (Å²) in [5, 5.41) is 2.82. The highest BCUT2D eigenvalue weighted by Crippen LogP contribution is 2.18. The van der Waals surface area contributed by atoms with E-state index in [0.717, 1.165) is 8.04 Å². The summed E-state index contributed by atoms with van der Waals surface area (Å²) in [7, 11) is 0. The van der Waals surface area contributed by atoms with Crippen LogP contribution < -0.4 is 5.32 Å². The maximum atomic E-state index is 11.8. The van der Waals surface area contributed by atoms with Gasteiger partial charge in [0.2, 0.25) is 0 Å². The van der Waals surface area contributed by atoms with Gasteiger partial charge in [0, 0.05) is 20.0 Å². The minimum Gasteiger partial charge on any atom is -0.348 e. The number of hydrogen-bond donors (Lipinski definition) is 1. The lowest BCUT2D eigenvalue weighted by Crippen LogP contribution is -2.34. The van der Waals surface area contributed by atoms with Crippen LogP contribution in [0.15, 0.2) is 22.7 Å². The Hall–Kier alpha value is 0.190. The molecule has 1 aromatic rings. The molecule has 0 aliphatic rings. The van der Waals surface area contributed by atoms with Crippen molar-refractivity contribution in [1.82, 2.24) is 5.32 Å². The zero-order chi connectivity index (χ0) is 11.4. The second-order valence-corrected chi connectivity index (χ2v) is 5.54. The molecule has 1 unspecified atom stereocenters. The Morgan fingerprint density at radius 2 is 2.33 bits per heavy atom. The number of rotatable bonds is 3. The first-order valence-electron chi connectivity index (χ1n) is 4.36. The summed E-state index contributed by atoms with van der Waals surface area (Å²) in [4.78, 5) is 11.8. The van der Waals surface area contributed by atoms with E-state index in [9.17, 15) is 4.79 Å². The molecule has 0 aliphatic heterocycles. The molecule has 1 aromatic carbocycles. The number of alkyl halides is 1. The molecule has 0 spiro atoms. The molecular weight excluding hydrogens is 392 g/mol. The minimum atomic E-state index is -0.0890. The highest BCUT2D eigenvalue weighted by Gasteiger charge is 2.12. The van der Waals surface area contributed by atoms with Crippen LogP contribution >= 0.6 is 50.1 Å². The summed E-state index contributed by atoms with van der Waals surface area (Å²) in [6.45, 7) is 1.87. The van der Waals surface area contributed by atoms with E-state index in [4.69, 9.17) is 11.6 Å². The molecule has 0 bridgehead atoms. The smallest absolute Gasteiger partial charge is 0.252 e. The summed E-state index contributed by atoms with van der Waals surface area (Å²) in [6, 6.07) is 5.58. The topological polar surface area (TPSA) is 29.1 Å². The van der Waals surface area contributed by atoms with Crippen molar-refractivity contribution in [2.45, 2.75) is 13.0 Å². The molecule has 0 fully saturated rings. The molecular formula is C10H10BrClINO. The molecule has 0 aliphatic carbocycles. The third-order valence-electron chi connectivity index (χ3n) is 1.78. The zero-order valence-corrected chi connectivity index (χ0v) is 12.6. The summed E-state index contributed by atoms with van der Waals surface area (Å²) in [6.07, 6.45) is 0. The summed E-state index contributed by atoms with van der Waals surface area (Å²) in [5.74, 6) is 0.324. The molecule has 0 saturated carbocycles. The summed E-state index contributed by atoms with van der Waals surface area (Å²) in [5.41, 5.74) is 0.668. The van der Waals surface area contributed by atoms with Crippen molar-refractivity contribution in [3.05, 3.63) is 31.8 Å². The van der Waals surface area contributed by atoms with Crippen LogP contribution in [-0.4, -0.2) is 17.8 Å². The van der Waals surface area contributed by atoms with Gasteiger partial charge in [0.15, 0.2) is 0 Å². The standard InChI is InChI=1S/C10H10BrClINO/c1-6(5-12)14-10(15)8-4-7(11)2-3-9(8)13/h2-4,6H,5H2,1H3,(H,14,15). The quantitative estimate of drug-likeness (QED) is 0.609. The van der Waals surface area contributed by atoms with E-state index in [2.05, 4.69) is 43.8 Å². The molecule has 0 radical (unpaired) electrons. The molecule has 1 rings (SSSR count). The van der Waals surface area contributed by atoms with Crippen LogP contribution in [0.5, 0.6) is 0 Å². The van der Waals surface area contributed by atoms with Gasteiger partial charge in [0.1, 0.15) is 0 Å². The molecule has 0 saturated heterocycles. The molecule has 5 heteroatoms. The van der Waals surface area contributed by atoms with Crippen molar-refractivity contribution in [2.75, 3.05) is 5.88 Å². The number of carbonyl (C=O) groups excluding carboxylic acids is 1. The van der Waals surface area contributed by atoms with Gasteiger partial charge in [-0.05, 0) is 47.7 Å². The van der Waals surface area contributed by atoms with Gasteiger partial charge in [-0.2, -0.15) is 0 Å². The summed E-state index contributed by atoms with van der Waals surface area (Å²) >= 11 is 11.1. The van der Waals surface area contributed by atoms with E-state index >= 15 is 0 Å². The normalized spacial score (nSPS) is 12.3. The third-order valence-corrected chi connectivity index (χ3v) is 3.68. The van der Waals surface area contributed by atoms with Gasteiger partial charge in [0.25, 0.3) is 5.91 Å². The minimum absolute atomic E-state index is 0.0195. The Bertz CT molecular complexity index is 372. The predicted octanol–water partition coefficient (Wildman–Crippen LogP) is 3.41. The number of nitrogens with one attached hydrogen (secondary N) is 1. The second-order valence-electron chi connectivity index (χ2n) is 3.15. The maximum absolute atomic E-state index is 11.8. The molecule has 82 valence electrons. The fraction of sp³-hybridized carbons (Fsp3) is 0.300. The summed E-state index contributed by atoms with van der Waals surface area (Å²) < 4.78 is 1.82. The molecule has 2 nitrogen and oxygen atoms in total. The Labute approximate surface area is 116 Å². The zero-order valence-electron chi connectivity index (χ0n) is 8.06. The highest BCUT2D eigenvalue weighted by atomic mass is 127. The fourth-order valence-electron chi connectivity index (χ4n) is 1.01. The molecule has 1 N–H and O–H groups in total. The number of amides is 1. The van der Waals surface area contributed by atoms with Crippen molar-refractivity contribution in [3.63, 3.8) is 0 Å². The molecule has 0 aromatic heterocycles. The maximum Gasteiger partial charge on any atom is 0.252 e. The average molecular weight is 402 g/mol.